The van der Waals surface area contributed by atoms with Crippen molar-refractivity contribution in [3.63, 3.8) is 0 Å². The molecule has 0 aliphatic heterocycles. The summed E-state index contributed by atoms with van der Waals surface area (Å²) in [7, 11) is 2.79. The van der Waals surface area contributed by atoms with Gasteiger partial charge in [-0.1, -0.05) is 25.1 Å². The van der Waals surface area contributed by atoms with Crippen molar-refractivity contribution >= 4 is 29.5 Å². The van der Waals surface area contributed by atoms with E-state index < -0.39 is 5.97 Å². The van der Waals surface area contributed by atoms with Crippen LogP contribution < -0.4 is 14.8 Å². The Balaban J connectivity index is 2.08. The molecule has 0 radical (unpaired) electrons. The first kappa shape index (κ1) is 27.4. The van der Waals surface area contributed by atoms with Crippen molar-refractivity contribution in [1.82, 2.24) is 4.90 Å². The zero-order chi connectivity index (χ0) is 26.0. The number of methoxy groups -OCH3 is 2. The first-order valence-corrected chi connectivity index (χ1v) is 11.4. The fraction of sp³-hybridized carbons (Fsp3) is 0.370. The topological polar surface area (TPSA) is 94.2 Å². The van der Waals surface area contributed by atoms with E-state index in [2.05, 4.69) is 10.1 Å². The molecule has 1 unspecified atom stereocenters. The van der Waals surface area contributed by atoms with E-state index in [9.17, 15) is 14.4 Å². The Morgan fingerprint density at radius 1 is 1.09 bits per heavy atom. The lowest BCUT2D eigenvalue weighted by Gasteiger charge is -2.28. The van der Waals surface area contributed by atoms with E-state index in [4.69, 9.17) is 9.47 Å². The van der Waals surface area contributed by atoms with Gasteiger partial charge in [0.05, 0.1) is 14.2 Å². The quantitative estimate of drug-likeness (QED) is 0.382. The molecule has 0 saturated heterocycles. The maximum Gasteiger partial charge on any atom is 0.330 e. The molecule has 0 heterocycles. The second kappa shape index (κ2) is 13.2. The van der Waals surface area contributed by atoms with Crippen molar-refractivity contribution in [2.45, 2.75) is 40.2 Å². The fourth-order valence-electron chi connectivity index (χ4n) is 3.30. The molecule has 2 rings (SSSR count). The van der Waals surface area contributed by atoms with Gasteiger partial charge in [0, 0.05) is 17.8 Å². The number of hydrogen-bond donors (Lipinski definition) is 1. The Kier molecular flexibility index (Phi) is 10.3. The summed E-state index contributed by atoms with van der Waals surface area (Å²) in [5.41, 5.74) is 3.50. The molecule has 2 amide bonds. The van der Waals surface area contributed by atoms with Gasteiger partial charge in [-0.2, -0.15) is 0 Å². The van der Waals surface area contributed by atoms with Gasteiger partial charge in [-0.25, -0.2) is 4.79 Å². The molecule has 8 heteroatoms. The van der Waals surface area contributed by atoms with Crippen LogP contribution in [-0.2, 0) is 19.1 Å². The maximum absolute atomic E-state index is 13.0. The maximum atomic E-state index is 13.0. The summed E-state index contributed by atoms with van der Waals surface area (Å²) < 4.78 is 15.7. The molecular formula is C27H34N2O6. The number of carbonyl (C=O) groups excluding carboxylic acids is 3. The molecule has 2 aromatic rings. The summed E-state index contributed by atoms with van der Waals surface area (Å²) in [5, 5.41) is 2.90. The molecule has 0 spiro atoms. The van der Waals surface area contributed by atoms with Crippen molar-refractivity contribution in [1.29, 1.82) is 0 Å². The molecule has 188 valence electrons. The molecule has 0 fully saturated rings. The van der Waals surface area contributed by atoms with Crippen molar-refractivity contribution < 1.29 is 28.6 Å². The number of hydrogen-bond acceptors (Lipinski definition) is 6. The zero-order valence-electron chi connectivity index (χ0n) is 21.2. The number of aryl methyl sites for hydroxylation is 1. The van der Waals surface area contributed by atoms with Gasteiger partial charge in [0.1, 0.15) is 6.54 Å². The van der Waals surface area contributed by atoms with Gasteiger partial charge in [0.15, 0.2) is 18.1 Å². The predicted octanol–water partition coefficient (Wildman–Crippen LogP) is 4.14. The van der Waals surface area contributed by atoms with E-state index >= 15 is 0 Å². The van der Waals surface area contributed by atoms with Gasteiger partial charge in [0.2, 0.25) is 5.91 Å². The van der Waals surface area contributed by atoms with Crippen molar-refractivity contribution in [2.24, 2.45) is 0 Å². The number of amides is 2. The highest BCUT2D eigenvalue weighted by Crippen LogP contribution is 2.28. The summed E-state index contributed by atoms with van der Waals surface area (Å²) in [4.78, 5) is 38.6. The highest BCUT2D eigenvalue weighted by molar-refractivity contribution is 5.95. The lowest BCUT2D eigenvalue weighted by atomic mass is 10.1. The van der Waals surface area contributed by atoms with Crippen LogP contribution in [0, 0.1) is 13.8 Å². The Labute approximate surface area is 206 Å². The highest BCUT2D eigenvalue weighted by Gasteiger charge is 2.23. The molecular weight excluding hydrogens is 448 g/mol. The van der Waals surface area contributed by atoms with Crippen LogP contribution in [0.4, 0.5) is 5.69 Å². The summed E-state index contributed by atoms with van der Waals surface area (Å²) in [6.07, 6.45) is 3.57. The number of esters is 1. The molecule has 0 aromatic heterocycles. The van der Waals surface area contributed by atoms with Crippen LogP contribution in [0.15, 0.2) is 42.5 Å². The van der Waals surface area contributed by atoms with Gasteiger partial charge < -0.3 is 24.4 Å². The molecule has 0 bridgehead atoms. The number of ether oxygens (including phenoxy) is 3. The SMILES string of the molecule is CCC(C)N(CC(=O)Nc1cccc(C)c1C)C(=O)COc1ccc(/C=C/C(=O)OC)cc1OC. The van der Waals surface area contributed by atoms with Crippen LogP contribution in [0.2, 0.25) is 0 Å². The minimum atomic E-state index is -0.471. The standard InChI is InChI=1S/C27H34N2O6/c1-7-19(3)29(16-25(30)28-22-10-8-9-18(2)20(22)4)26(31)17-35-23-13-11-21(15-24(23)33-5)12-14-27(32)34-6/h8-15,19H,7,16-17H2,1-6H3,(H,28,30)/b14-12+. The number of carbonyl (C=O) groups is 3. The summed E-state index contributed by atoms with van der Waals surface area (Å²) >= 11 is 0. The van der Waals surface area contributed by atoms with Gasteiger partial charge in [-0.3, -0.25) is 9.59 Å². The molecule has 1 atom stereocenters. The molecule has 8 nitrogen and oxygen atoms in total. The van der Waals surface area contributed by atoms with E-state index in [-0.39, 0.29) is 31.0 Å². The molecule has 2 aromatic carbocycles. The Morgan fingerprint density at radius 3 is 2.49 bits per heavy atom. The lowest BCUT2D eigenvalue weighted by Crippen LogP contribution is -2.45. The first-order valence-electron chi connectivity index (χ1n) is 11.4. The number of anilines is 1. The van der Waals surface area contributed by atoms with E-state index in [1.54, 1.807) is 24.3 Å². The van der Waals surface area contributed by atoms with E-state index in [1.165, 1.54) is 25.2 Å². The number of nitrogens with zero attached hydrogens (tertiary/aromatic N) is 1. The van der Waals surface area contributed by atoms with Crippen LogP contribution >= 0.6 is 0 Å². The smallest absolute Gasteiger partial charge is 0.330 e. The normalized spacial score (nSPS) is 11.6. The van der Waals surface area contributed by atoms with E-state index in [1.807, 2.05) is 45.9 Å². The van der Waals surface area contributed by atoms with E-state index in [0.29, 0.717) is 23.5 Å². The number of nitrogens with one attached hydrogen (secondary N) is 1. The van der Waals surface area contributed by atoms with Gasteiger partial charge >= 0.3 is 5.97 Å². The molecule has 0 saturated carbocycles. The molecule has 35 heavy (non-hydrogen) atoms. The fourth-order valence-corrected chi connectivity index (χ4v) is 3.30. The second-order valence-electron chi connectivity index (χ2n) is 8.13. The van der Waals surface area contributed by atoms with Crippen LogP contribution in [0.3, 0.4) is 0 Å². The third kappa shape index (κ3) is 7.88. The van der Waals surface area contributed by atoms with Crippen LogP contribution in [-0.4, -0.2) is 56.1 Å². The summed E-state index contributed by atoms with van der Waals surface area (Å²) in [6, 6.07) is 10.6. The monoisotopic (exact) mass is 482 g/mol. The largest absolute Gasteiger partial charge is 0.493 e. The number of rotatable bonds is 11. The summed E-state index contributed by atoms with van der Waals surface area (Å²) in [6.45, 7) is 7.44. The molecule has 1 N–H and O–H groups in total. The zero-order valence-corrected chi connectivity index (χ0v) is 21.2. The van der Waals surface area contributed by atoms with E-state index in [0.717, 1.165) is 16.8 Å². The average Bonchev–Trinajstić information content (AvgIpc) is 2.86. The third-order valence-corrected chi connectivity index (χ3v) is 5.79. The Hall–Kier alpha value is -3.81. The first-order chi connectivity index (χ1) is 16.7. The summed E-state index contributed by atoms with van der Waals surface area (Å²) in [5.74, 6) is -0.270. The van der Waals surface area contributed by atoms with Crippen LogP contribution in [0.1, 0.15) is 37.0 Å². The molecule has 0 aliphatic carbocycles. The predicted molar refractivity (Wildman–Crippen MR) is 136 cm³/mol. The van der Waals surface area contributed by atoms with Gasteiger partial charge in [-0.05, 0) is 68.2 Å². The second-order valence-corrected chi connectivity index (χ2v) is 8.13. The minimum Gasteiger partial charge on any atom is -0.493 e. The third-order valence-electron chi connectivity index (χ3n) is 5.79. The molecule has 0 aliphatic rings. The minimum absolute atomic E-state index is 0.0843. The number of benzene rings is 2. The van der Waals surface area contributed by atoms with Crippen molar-refractivity contribution in [2.75, 3.05) is 32.7 Å². The van der Waals surface area contributed by atoms with Crippen molar-refractivity contribution in [3.05, 3.63) is 59.2 Å². The van der Waals surface area contributed by atoms with Gasteiger partial charge in [0.25, 0.3) is 5.91 Å². The van der Waals surface area contributed by atoms with Crippen LogP contribution in [0.5, 0.6) is 11.5 Å². The average molecular weight is 483 g/mol. The van der Waals surface area contributed by atoms with Crippen molar-refractivity contribution in [3.8, 4) is 11.5 Å². The van der Waals surface area contributed by atoms with Crippen LogP contribution in [0.25, 0.3) is 6.08 Å². The lowest BCUT2D eigenvalue weighted by molar-refractivity contribution is -0.138. The Bertz CT molecular complexity index is 1080. The highest BCUT2D eigenvalue weighted by atomic mass is 16.5. The van der Waals surface area contributed by atoms with Gasteiger partial charge in [-0.15, -0.1) is 0 Å². The Morgan fingerprint density at radius 2 is 1.83 bits per heavy atom.